The first kappa shape index (κ1) is 16.7. The number of aryl methyl sites for hydroxylation is 1. The number of amides is 1. The van der Waals surface area contributed by atoms with Gasteiger partial charge in [0.05, 0.1) is 4.90 Å². The maximum atomic E-state index is 12.2. The van der Waals surface area contributed by atoms with Crippen molar-refractivity contribution in [3.63, 3.8) is 0 Å². The molecule has 1 amide bonds. The summed E-state index contributed by atoms with van der Waals surface area (Å²) in [6.45, 7) is 1.93. The summed E-state index contributed by atoms with van der Waals surface area (Å²) in [5.41, 5.74) is 3.74. The van der Waals surface area contributed by atoms with Gasteiger partial charge in [0.1, 0.15) is 5.58 Å². The lowest BCUT2D eigenvalue weighted by Crippen LogP contribution is -2.41. The third kappa shape index (κ3) is 3.50. The standard InChI is InChI=1S/C16H13BrN2O4S/c1-10-5-6-14-11(7-10)8-15(23-14)16(20)18-19-24(21,22)13-4-2-3-12(17)9-13/h2-9,19H,1H3,(H,18,20). The number of furan rings is 1. The lowest BCUT2D eigenvalue weighted by atomic mass is 10.2. The molecule has 6 nitrogen and oxygen atoms in total. The van der Waals surface area contributed by atoms with E-state index in [0.29, 0.717) is 10.1 Å². The van der Waals surface area contributed by atoms with Gasteiger partial charge in [0.25, 0.3) is 10.0 Å². The summed E-state index contributed by atoms with van der Waals surface area (Å²) < 4.78 is 30.4. The molecule has 3 aromatic rings. The van der Waals surface area contributed by atoms with E-state index in [2.05, 4.69) is 21.4 Å². The molecular formula is C16H13BrN2O4S. The van der Waals surface area contributed by atoms with Crippen LogP contribution in [0.5, 0.6) is 0 Å². The number of sulfonamides is 1. The molecule has 0 saturated carbocycles. The van der Waals surface area contributed by atoms with Crippen LogP contribution in [0.15, 0.2) is 62.3 Å². The molecule has 0 unspecified atom stereocenters. The largest absolute Gasteiger partial charge is 0.451 e. The lowest BCUT2D eigenvalue weighted by Gasteiger charge is -2.07. The average Bonchev–Trinajstić information content (AvgIpc) is 2.96. The average molecular weight is 409 g/mol. The summed E-state index contributed by atoms with van der Waals surface area (Å²) in [4.78, 5) is 14.2. The van der Waals surface area contributed by atoms with E-state index in [1.807, 2.05) is 23.9 Å². The number of rotatable bonds is 4. The van der Waals surface area contributed by atoms with Gasteiger partial charge in [-0.1, -0.05) is 33.6 Å². The van der Waals surface area contributed by atoms with Gasteiger partial charge in [0, 0.05) is 9.86 Å². The number of carbonyl (C=O) groups excluding carboxylic acids is 1. The molecule has 0 fully saturated rings. The predicted molar refractivity (Wildman–Crippen MR) is 92.9 cm³/mol. The summed E-state index contributed by atoms with van der Waals surface area (Å²) in [5.74, 6) is -0.657. The lowest BCUT2D eigenvalue weighted by molar-refractivity contribution is 0.0919. The number of hydrogen-bond donors (Lipinski definition) is 2. The van der Waals surface area contributed by atoms with Crippen LogP contribution in [0, 0.1) is 6.92 Å². The zero-order valence-electron chi connectivity index (χ0n) is 12.5. The van der Waals surface area contributed by atoms with Gasteiger partial charge in [0.15, 0.2) is 5.76 Å². The van der Waals surface area contributed by atoms with E-state index in [4.69, 9.17) is 4.42 Å². The van der Waals surface area contributed by atoms with Crippen molar-refractivity contribution in [2.45, 2.75) is 11.8 Å². The molecule has 0 aliphatic carbocycles. The Hall–Kier alpha value is -2.16. The van der Waals surface area contributed by atoms with E-state index in [-0.39, 0.29) is 10.7 Å². The van der Waals surface area contributed by atoms with Crippen LogP contribution in [-0.2, 0) is 10.0 Å². The van der Waals surface area contributed by atoms with E-state index >= 15 is 0 Å². The number of fused-ring (bicyclic) bond motifs is 1. The van der Waals surface area contributed by atoms with Crippen LogP contribution in [0.3, 0.4) is 0 Å². The normalized spacial score (nSPS) is 11.6. The van der Waals surface area contributed by atoms with Gasteiger partial charge < -0.3 is 4.42 Å². The van der Waals surface area contributed by atoms with Gasteiger partial charge in [-0.2, -0.15) is 0 Å². The highest BCUT2D eigenvalue weighted by Gasteiger charge is 2.18. The van der Waals surface area contributed by atoms with Crippen molar-refractivity contribution in [3.8, 4) is 0 Å². The highest BCUT2D eigenvalue weighted by atomic mass is 79.9. The molecule has 0 bridgehead atoms. The van der Waals surface area contributed by atoms with Crippen molar-refractivity contribution in [2.24, 2.45) is 0 Å². The molecule has 0 saturated heterocycles. The third-order valence-electron chi connectivity index (χ3n) is 3.30. The topological polar surface area (TPSA) is 88.4 Å². The minimum absolute atomic E-state index is 0.0209. The number of hydrogen-bond acceptors (Lipinski definition) is 4. The number of carbonyl (C=O) groups is 1. The third-order valence-corrected chi connectivity index (χ3v) is 5.04. The fourth-order valence-electron chi connectivity index (χ4n) is 2.14. The van der Waals surface area contributed by atoms with Crippen LogP contribution in [0.25, 0.3) is 11.0 Å². The van der Waals surface area contributed by atoms with Gasteiger partial charge in [0.2, 0.25) is 0 Å². The van der Waals surface area contributed by atoms with Crippen LogP contribution in [-0.4, -0.2) is 14.3 Å². The van der Waals surface area contributed by atoms with Gasteiger partial charge in [-0.15, -0.1) is 4.83 Å². The summed E-state index contributed by atoms with van der Waals surface area (Å²) >= 11 is 3.20. The van der Waals surface area contributed by atoms with Gasteiger partial charge in [-0.3, -0.25) is 10.2 Å². The summed E-state index contributed by atoms with van der Waals surface area (Å²) in [5, 5.41) is 0.773. The monoisotopic (exact) mass is 408 g/mol. The molecule has 1 aromatic heterocycles. The van der Waals surface area contributed by atoms with Gasteiger partial charge >= 0.3 is 5.91 Å². The fraction of sp³-hybridized carbons (Fsp3) is 0.0625. The zero-order valence-corrected chi connectivity index (χ0v) is 14.9. The first-order chi connectivity index (χ1) is 11.3. The highest BCUT2D eigenvalue weighted by Crippen LogP contribution is 2.20. The van der Waals surface area contributed by atoms with E-state index < -0.39 is 15.9 Å². The van der Waals surface area contributed by atoms with Gasteiger partial charge in [-0.25, -0.2) is 8.42 Å². The molecule has 3 rings (SSSR count). The van der Waals surface area contributed by atoms with E-state index in [1.165, 1.54) is 12.1 Å². The van der Waals surface area contributed by atoms with Crippen LogP contribution in [0.1, 0.15) is 16.1 Å². The second-order valence-electron chi connectivity index (χ2n) is 5.17. The smallest absolute Gasteiger partial charge is 0.301 e. The van der Waals surface area contributed by atoms with Crippen LogP contribution < -0.4 is 10.3 Å². The molecule has 0 atom stereocenters. The minimum Gasteiger partial charge on any atom is -0.451 e. The Morgan fingerprint density at radius 2 is 1.92 bits per heavy atom. The quantitative estimate of drug-likeness (QED) is 0.649. The van der Waals surface area contributed by atoms with Crippen molar-refractivity contribution < 1.29 is 17.6 Å². The molecule has 8 heteroatoms. The molecule has 0 radical (unpaired) electrons. The SMILES string of the molecule is Cc1ccc2oc(C(=O)NNS(=O)(=O)c3cccc(Br)c3)cc2c1. The van der Waals surface area contributed by atoms with E-state index in [1.54, 1.807) is 24.3 Å². The Bertz CT molecular complexity index is 1030. The second kappa shape index (κ2) is 6.39. The maximum Gasteiger partial charge on any atom is 0.301 e. The number of halogens is 1. The maximum absolute atomic E-state index is 12.2. The highest BCUT2D eigenvalue weighted by molar-refractivity contribution is 9.10. The molecule has 2 N–H and O–H groups in total. The van der Waals surface area contributed by atoms with Crippen molar-refractivity contribution in [3.05, 3.63) is 64.3 Å². The summed E-state index contributed by atoms with van der Waals surface area (Å²) in [6, 6.07) is 13.2. The molecule has 124 valence electrons. The molecule has 2 aromatic carbocycles. The molecule has 1 heterocycles. The van der Waals surface area contributed by atoms with Crippen LogP contribution in [0.4, 0.5) is 0 Å². The Morgan fingerprint density at radius 3 is 2.67 bits per heavy atom. The predicted octanol–water partition coefficient (Wildman–Crippen LogP) is 3.13. The van der Waals surface area contributed by atoms with Crippen molar-refractivity contribution in [2.75, 3.05) is 0 Å². The first-order valence-corrected chi connectivity index (χ1v) is 9.21. The number of benzene rings is 2. The molecule has 24 heavy (non-hydrogen) atoms. The Balaban J connectivity index is 1.76. The van der Waals surface area contributed by atoms with Crippen molar-refractivity contribution >= 4 is 42.8 Å². The van der Waals surface area contributed by atoms with E-state index in [9.17, 15) is 13.2 Å². The summed E-state index contributed by atoms with van der Waals surface area (Å²) in [6.07, 6.45) is 0. The molecular weight excluding hydrogens is 396 g/mol. The number of nitrogens with one attached hydrogen (secondary N) is 2. The Labute approximate surface area is 147 Å². The minimum atomic E-state index is -3.88. The molecule has 0 aliphatic heterocycles. The van der Waals surface area contributed by atoms with Crippen molar-refractivity contribution in [1.29, 1.82) is 0 Å². The number of hydrazine groups is 1. The molecule has 0 aliphatic rings. The van der Waals surface area contributed by atoms with E-state index in [0.717, 1.165) is 10.9 Å². The first-order valence-electron chi connectivity index (χ1n) is 6.93. The zero-order chi connectivity index (χ0) is 17.3. The van der Waals surface area contributed by atoms with Crippen LogP contribution in [0.2, 0.25) is 0 Å². The van der Waals surface area contributed by atoms with Gasteiger partial charge in [-0.05, 0) is 43.3 Å². The van der Waals surface area contributed by atoms with Crippen LogP contribution >= 0.6 is 15.9 Å². The molecule has 0 spiro atoms. The summed E-state index contributed by atoms with van der Waals surface area (Å²) in [7, 11) is -3.88. The fourth-order valence-corrected chi connectivity index (χ4v) is 3.58. The second-order valence-corrected chi connectivity index (χ2v) is 7.77. The van der Waals surface area contributed by atoms with Crippen molar-refractivity contribution in [1.82, 2.24) is 10.3 Å². The Kier molecular flexibility index (Phi) is 4.44. The Morgan fingerprint density at radius 1 is 1.12 bits per heavy atom.